The van der Waals surface area contributed by atoms with Gasteiger partial charge in [0.15, 0.2) is 0 Å². The normalized spacial score (nSPS) is 10.7. The third-order valence-corrected chi connectivity index (χ3v) is 3.49. The maximum Gasteiger partial charge on any atom is 0.354 e. The van der Waals surface area contributed by atoms with E-state index in [0.717, 1.165) is 22.3 Å². The van der Waals surface area contributed by atoms with E-state index in [0.29, 0.717) is 17.9 Å². The van der Waals surface area contributed by atoms with Gasteiger partial charge in [-0.2, -0.15) is 0 Å². The van der Waals surface area contributed by atoms with E-state index in [2.05, 4.69) is 10.3 Å². The van der Waals surface area contributed by atoms with E-state index >= 15 is 0 Å². The second kappa shape index (κ2) is 6.52. The molecule has 2 N–H and O–H groups in total. The number of alkyl halides is 1. The van der Waals surface area contributed by atoms with Crippen LogP contribution in [0.5, 0.6) is 0 Å². The summed E-state index contributed by atoms with van der Waals surface area (Å²) in [6, 6.07) is 14.7. The van der Waals surface area contributed by atoms with Crippen molar-refractivity contribution in [3.05, 3.63) is 59.8 Å². The molecule has 0 radical (unpaired) electrons. The van der Waals surface area contributed by atoms with Crippen molar-refractivity contribution < 1.29 is 13.9 Å². The van der Waals surface area contributed by atoms with E-state index < -0.39 is 6.67 Å². The molecule has 1 heterocycles. The molecule has 3 aromatic rings. The second-order valence-electron chi connectivity index (χ2n) is 5.16. The fraction of sp³-hybridized carbons (Fsp3) is 0.167. The van der Waals surface area contributed by atoms with Crippen molar-refractivity contribution in [1.82, 2.24) is 4.98 Å². The first-order chi connectivity index (χ1) is 11.2. The van der Waals surface area contributed by atoms with Crippen molar-refractivity contribution in [3.8, 4) is 0 Å². The highest BCUT2D eigenvalue weighted by molar-refractivity contribution is 5.95. The minimum atomic E-state index is -0.492. The number of carbonyl (C=O) groups excluding carboxylic acids is 1. The van der Waals surface area contributed by atoms with Crippen molar-refractivity contribution in [3.63, 3.8) is 0 Å². The molecule has 0 amide bonds. The third kappa shape index (κ3) is 3.34. The Morgan fingerprint density at radius 2 is 2.00 bits per heavy atom. The first-order valence-corrected chi connectivity index (χ1v) is 7.41. The van der Waals surface area contributed by atoms with E-state index in [-0.39, 0.29) is 5.97 Å². The van der Waals surface area contributed by atoms with Crippen LogP contribution in [-0.2, 0) is 11.4 Å². The van der Waals surface area contributed by atoms with Gasteiger partial charge in [0, 0.05) is 22.3 Å². The quantitative estimate of drug-likeness (QED) is 0.679. The Morgan fingerprint density at radius 1 is 1.17 bits per heavy atom. The highest BCUT2D eigenvalue weighted by Gasteiger charge is 2.10. The number of anilines is 2. The zero-order chi connectivity index (χ0) is 16.2. The van der Waals surface area contributed by atoms with Gasteiger partial charge in [-0.05, 0) is 42.8 Å². The molecule has 0 bridgehead atoms. The smallest absolute Gasteiger partial charge is 0.354 e. The van der Waals surface area contributed by atoms with E-state index in [1.165, 1.54) is 0 Å². The molecule has 0 saturated heterocycles. The Bertz CT molecular complexity index is 842. The monoisotopic (exact) mass is 312 g/mol. The summed E-state index contributed by atoms with van der Waals surface area (Å²) >= 11 is 0. The van der Waals surface area contributed by atoms with Gasteiger partial charge in [-0.15, -0.1) is 0 Å². The van der Waals surface area contributed by atoms with Gasteiger partial charge >= 0.3 is 5.97 Å². The van der Waals surface area contributed by atoms with Gasteiger partial charge in [0.2, 0.25) is 0 Å². The van der Waals surface area contributed by atoms with Crippen LogP contribution in [0.4, 0.5) is 15.8 Å². The number of esters is 1. The number of rotatable bonds is 5. The molecular formula is C18H17FN2O2. The Labute approximate surface area is 133 Å². The Balaban J connectivity index is 1.86. The minimum Gasteiger partial charge on any atom is -0.461 e. The topological polar surface area (TPSA) is 54.1 Å². The van der Waals surface area contributed by atoms with Gasteiger partial charge in [0.25, 0.3) is 0 Å². The molecule has 0 unspecified atom stereocenters. The molecule has 118 valence electrons. The van der Waals surface area contributed by atoms with Crippen LogP contribution in [0.15, 0.2) is 48.5 Å². The number of carbonyl (C=O) groups is 1. The molecule has 0 fully saturated rings. The Hall–Kier alpha value is -2.82. The minimum absolute atomic E-state index is 0.339. The lowest BCUT2D eigenvalue weighted by Crippen LogP contribution is -2.04. The summed E-state index contributed by atoms with van der Waals surface area (Å²) < 4.78 is 17.7. The van der Waals surface area contributed by atoms with Gasteiger partial charge in [0.05, 0.1) is 6.61 Å². The molecule has 2 aromatic carbocycles. The first-order valence-electron chi connectivity index (χ1n) is 7.41. The van der Waals surface area contributed by atoms with Crippen LogP contribution in [0.25, 0.3) is 10.9 Å². The number of hydrogen-bond acceptors (Lipinski definition) is 3. The predicted molar refractivity (Wildman–Crippen MR) is 88.8 cm³/mol. The molecule has 0 aliphatic rings. The van der Waals surface area contributed by atoms with Crippen molar-refractivity contribution in [2.24, 2.45) is 0 Å². The van der Waals surface area contributed by atoms with E-state index in [1.54, 1.807) is 25.1 Å². The van der Waals surface area contributed by atoms with Gasteiger partial charge in [-0.3, -0.25) is 0 Å². The molecule has 0 aliphatic heterocycles. The lowest BCUT2D eigenvalue weighted by molar-refractivity contribution is 0.0520. The summed E-state index contributed by atoms with van der Waals surface area (Å²) in [4.78, 5) is 14.8. The van der Waals surface area contributed by atoms with Crippen molar-refractivity contribution >= 4 is 28.2 Å². The SMILES string of the molecule is CCOC(=O)c1cc2ccc(Nc3cccc(CF)c3)cc2[nH]1. The zero-order valence-corrected chi connectivity index (χ0v) is 12.7. The summed E-state index contributed by atoms with van der Waals surface area (Å²) in [6.07, 6.45) is 0. The maximum atomic E-state index is 12.7. The van der Waals surface area contributed by atoms with E-state index in [4.69, 9.17) is 4.74 Å². The zero-order valence-electron chi connectivity index (χ0n) is 12.7. The molecule has 3 rings (SSSR count). The van der Waals surface area contributed by atoms with Crippen LogP contribution in [0.2, 0.25) is 0 Å². The Morgan fingerprint density at radius 3 is 2.78 bits per heavy atom. The number of H-pyrrole nitrogens is 1. The molecule has 5 heteroatoms. The van der Waals surface area contributed by atoms with Crippen LogP contribution in [0.3, 0.4) is 0 Å². The largest absolute Gasteiger partial charge is 0.461 e. The molecule has 0 spiro atoms. The van der Waals surface area contributed by atoms with Crippen LogP contribution >= 0.6 is 0 Å². The summed E-state index contributed by atoms with van der Waals surface area (Å²) in [5, 5.41) is 4.16. The highest BCUT2D eigenvalue weighted by atomic mass is 19.1. The number of halogens is 1. The number of benzene rings is 2. The summed E-state index contributed by atoms with van der Waals surface area (Å²) in [5.41, 5.74) is 3.56. The molecule has 1 aromatic heterocycles. The standard InChI is InChI=1S/C18H17FN2O2/c1-2-23-18(22)17-9-13-6-7-15(10-16(13)21-17)20-14-5-3-4-12(8-14)11-19/h3-10,20-21H,2,11H2,1H3. The number of aromatic amines is 1. The molecule has 23 heavy (non-hydrogen) atoms. The van der Waals surface area contributed by atoms with E-state index in [1.807, 2.05) is 30.3 Å². The highest BCUT2D eigenvalue weighted by Crippen LogP contribution is 2.24. The average molecular weight is 312 g/mol. The lowest BCUT2D eigenvalue weighted by atomic mass is 10.2. The van der Waals surface area contributed by atoms with Crippen LogP contribution < -0.4 is 5.32 Å². The average Bonchev–Trinajstić information content (AvgIpc) is 2.99. The van der Waals surface area contributed by atoms with Crippen LogP contribution in [-0.4, -0.2) is 17.6 Å². The molecule has 0 saturated carbocycles. The summed E-state index contributed by atoms with van der Waals surface area (Å²) in [5.74, 6) is -0.367. The van der Waals surface area contributed by atoms with Crippen molar-refractivity contribution in [2.75, 3.05) is 11.9 Å². The van der Waals surface area contributed by atoms with Gasteiger partial charge in [-0.25, -0.2) is 9.18 Å². The fourth-order valence-electron chi connectivity index (χ4n) is 2.42. The first kappa shape index (κ1) is 15.1. The summed E-state index contributed by atoms with van der Waals surface area (Å²) in [7, 11) is 0. The number of ether oxygens (including phenoxy) is 1. The molecule has 0 aliphatic carbocycles. The maximum absolute atomic E-state index is 12.7. The fourth-order valence-corrected chi connectivity index (χ4v) is 2.42. The molecule has 0 atom stereocenters. The molecular weight excluding hydrogens is 295 g/mol. The van der Waals surface area contributed by atoms with Crippen LogP contribution in [0.1, 0.15) is 23.0 Å². The van der Waals surface area contributed by atoms with Crippen molar-refractivity contribution in [1.29, 1.82) is 0 Å². The predicted octanol–water partition coefficient (Wildman–Crippen LogP) is 4.56. The van der Waals surface area contributed by atoms with Gasteiger partial charge < -0.3 is 15.0 Å². The lowest BCUT2D eigenvalue weighted by Gasteiger charge is -2.07. The van der Waals surface area contributed by atoms with Gasteiger partial charge in [0.1, 0.15) is 12.4 Å². The second-order valence-corrected chi connectivity index (χ2v) is 5.16. The number of fused-ring (bicyclic) bond motifs is 1. The van der Waals surface area contributed by atoms with Gasteiger partial charge in [-0.1, -0.05) is 18.2 Å². The summed E-state index contributed by atoms with van der Waals surface area (Å²) in [6.45, 7) is 1.62. The molecule has 4 nitrogen and oxygen atoms in total. The van der Waals surface area contributed by atoms with Crippen LogP contribution in [0, 0.1) is 0 Å². The number of hydrogen-bond donors (Lipinski definition) is 2. The Kier molecular flexibility index (Phi) is 4.28. The number of aromatic nitrogens is 1. The van der Waals surface area contributed by atoms with Crippen molar-refractivity contribution in [2.45, 2.75) is 13.6 Å². The third-order valence-electron chi connectivity index (χ3n) is 3.49. The van der Waals surface area contributed by atoms with E-state index in [9.17, 15) is 9.18 Å². The number of nitrogens with one attached hydrogen (secondary N) is 2.